The van der Waals surface area contributed by atoms with Crippen molar-refractivity contribution in [2.75, 3.05) is 6.54 Å². The van der Waals surface area contributed by atoms with Crippen molar-refractivity contribution in [2.24, 2.45) is 5.73 Å². The molecule has 0 fully saturated rings. The van der Waals surface area contributed by atoms with Gasteiger partial charge in [-0.3, -0.25) is 4.79 Å². The minimum Gasteiger partial charge on any atom is -0.356 e. The normalized spacial score (nSPS) is 13.4. The highest BCUT2D eigenvalue weighted by Gasteiger charge is 2.11. The van der Waals surface area contributed by atoms with Gasteiger partial charge in [0.05, 0.1) is 0 Å². The van der Waals surface area contributed by atoms with Crippen LogP contribution in [0.5, 0.6) is 0 Å². The monoisotopic (exact) mass is 312 g/mol. The molecule has 3 N–H and O–H groups in total. The molecule has 0 spiro atoms. The first-order chi connectivity index (χ1) is 9.40. The Balaban J connectivity index is 0.00000400. The van der Waals surface area contributed by atoms with Crippen molar-refractivity contribution in [2.45, 2.75) is 58.4 Å². The average molecular weight is 313 g/mol. The third-order valence-electron chi connectivity index (χ3n) is 3.59. The zero-order valence-electron chi connectivity index (χ0n) is 13.6. The van der Waals surface area contributed by atoms with Crippen LogP contribution in [0.25, 0.3) is 0 Å². The molecular weight excluding hydrogens is 284 g/mol. The molecule has 120 valence electrons. The number of amides is 1. The molecular formula is C17H29ClN2O. The Kier molecular flexibility index (Phi) is 9.31. The SMILES string of the molecule is CC(N)CCNC(=O)CC(C)c1ccc(C(C)C)cc1.Cl. The Morgan fingerprint density at radius 3 is 2.10 bits per heavy atom. The fourth-order valence-electron chi connectivity index (χ4n) is 2.12. The largest absolute Gasteiger partial charge is 0.356 e. The molecule has 2 atom stereocenters. The van der Waals surface area contributed by atoms with Crippen LogP contribution >= 0.6 is 12.4 Å². The van der Waals surface area contributed by atoms with Gasteiger partial charge in [0.1, 0.15) is 0 Å². The summed E-state index contributed by atoms with van der Waals surface area (Å²) < 4.78 is 0. The lowest BCUT2D eigenvalue weighted by Crippen LogP contribution is -2.29. The summed E-state index contributed by atoms with van der Waals surface area (Å²) in [6.07, 6.45) is 1.35. The molecule has 0 heterocycles. The van der Waals surface area contributed by atoms with Gasteiger partial charge in [0.2, 0.25) is 5.91 Å². The molecule has 0 aliphatic rings. The molecule has 21 heavy (non-hydrogen) atoms. The molecule has 2 unspecified atom stereocenters. The van der Waals surface area contributed by atoms with E-state index in [1.54, 1.807) is 0 Å². The number of benzene rings is 1. The Bertz CT molecular complexity index is 415. The standard InChI is InChI=1S/C17H28N2O.ClH/c1-12(2)15-5-7-16(8-6-15)13(3)11-17(20)19-10-9-14(4)18;/h5-8,12-14H,9-11,18H2,1-4H3,(H,19,20);1H. The van der Waals surface area contributed by atoms with Crippen LogP contribution in [0, 0.1) is 0 Å². The van der Waals surface area contributed by atoms with E-state index in [4.69, 9.17) is 5.73 Å². The van der Waals surface area contributed by atoms with E-state index in [2.05, 4.69) is 50.4 Å². The van der Waals surface area contributed by atoms with Crippen LogP contribution in [0.3, 0.4) is 0 Å². The molecule has 0 saturated carbocycles. The number of carbonyl (C=O) groups excluding carboxylic acids is 1. The van der Waals surface area contributed by atoms with Crippen molar-refractivity contribution < 1.29 is 4.79 Å². The fraction of sp³-hybridized carbons (Fsp3) is 0.588. The summed E-state index contributed by atoms with van der Waals surface area (Å²) in [5, 5.41) is 2.93. The quantitative estimate of drug-likeness (QED) is 0.808. The summed E-state index contributed by atoms with van der Waals surface area (Å²) in [5.74, 6) is 0.888. The Hall–Kier alpha value is -1.06. The van der Waals surface area contributed by atoms with Gasteiger partial charge in [-0.1, -0.05) is 45.0 Å². The molecule has 0 aliphatic carbocycles. The predicted molar refractivity (Wildman–Crippen MR) is 92.1 cm³/mol. The lowest BCUT2D eigenvalue weighted by Gasteiger charge is -2.14. The number of carbonyl (C=O) groups is 1. The molecule has 1 rings (SSSR count). The van der Waals surface area contributed by atoms with Crippen LogP contribution in [-0.2, 0) is 4.79 Å². The minimum absolute atomic E-state index is 0. The second-order valence-electron chi connectivity index (χ2n) is 6.04. The maximum atomic E-state index is 11.8. The van der Waals surface area contributed by atoms with Gasteiger partial charge in [-0.05, 0) is 36.3 Å². The minimum atomic E-state index is 0. The van der Waals surface area contributed by atoms with Crippen molar-refractivity contribution in [3.63, 3.8) is 0 Å². The van der Waals surface area contributed by atoms with Crippen molar-refractivity contribution in [3.05, 3.63) is 35.4 Å². The van der Waals surface area contributed by atoms with Gasteiger partial charge in [0.15, 0.2) is 0 Å². The van der Waals surface area contributed by atoms with Crippen LogP contribution in [0.4, 0.5) is 0 Å². The maximum Gasteiger partial charge on any atom is 0.220 e. The van der Waals surface area contributed by atoms with Crippen molar-refractivity contribution in [3.8, 4) is 0 Å². The molecule has 4 heteroatoms. The number of hydrogen-bond donors (Lipinski definition) is 2. The number of nitrogens with two attached hydrogens (primary N) is 1. The third kappa shape index (κ3) is 7.49. The Labute approximate surface area is 135 Å². The molecule has 0 bridgehead atoms. The summed E-state index contributed by atoms with van der Waals surface area (Å²) in [6, 6.07) is 8.72. The molecule has 0 aromatic heterocycles. The summed E-state index contributed by atoms with van der Waals surface area (Å²) in [5.41, 5.74) is 8.21. The fourth-order valence-corrected chi connectivity index (χ4v) is 2.12. The van der Waals surface area contributed by atoms with E-state index in [0.717, 1.165) is 6.42 Å². The summed E-state index contributed by atoms with van der Waals surface area (Å²) in [4.78, 5) is 11.8. The zero-order chi connectivity index (χ0) is 15.1. The van der Waals surface area contributed by atoms with Crippen LogP contribution in [0.2, 0.25) is 0 Å². The molecule has 0 saturated heterocycles. The first-order valence-electron chi connectivity index (χ1n) is 7.52. The van der Waals surface area contributed by atoms with E-state index >= 15 is 0 Å². The van der Waals surface area contributed by atoms with Gasteiger partial charge in [-0.15, -0.1) is 12.4 Å². The lowest BCUT2D eigenvalue weighted by molar-refractivity contribution is -0.121. The Morgan fingerprint density at radius 2 is 1.62 bits per heavy atom. The molecule has 0 aliphatic heterocycles. The highest BCUT2D eigenvalue weighted by atomic mass is 35.5. The second-order valence-corrected chi connectivity index (χ2v) is 6.04. The summed E-state index contributed by atoms with van der Waals surface area (Å²) in [6.45, 7) is 9.07. The number of hydrogen-bond acceptors (Lipinski definition) is 2. The number of nitrogens with one attached hydrogen (secondary N) is 1. The summed E-state index contributed by atoms with van der Waals surface area (Å²) in [7, 11) is 0. The highest BCUT2D eigenvalue weighted by Crippen LogP contribution is 2.22. The second kappa shape index (κ2) is 9.80. The van der Waals surface area contributed by atoms with E-state index in [9.17, 15) is 4.79 Å². The van der Waals surface area contributed by atoms with Crippen molar-refractivity contribution in [1.29, 1.82) is 0 Å². The smallest absolute Gasteiger partial charge is 0.220 e. The van der Waals surface area contributed by atoms with Gasteiger partial charge in [0, 0.05) is 19.0 Å². The van der Waals surface area contributed by atoms with Crippen LogP contribution in [-0.4, -0.2) is 18.5 Å². The van der Waals surface area contributed by atoms with Gasteiger partial charge in [-0.25, -0.2) is 0 Å². The van der Waals surface area contributed by atoms with Gasteiger partial charge >= 0.3 is 0 Å². The van der Waals surface area contributed by atoms with E-state index < -0.39 is 0 Å². The average Bonchev–Trinajstić information content (AvgIpc) is 2.38. The maximum absolute atomic E-state index is 11.8. The predicted octanol–water partition coefficient (Wildman–Crippen LogP) is 3.58. The molecule has 0 radical (unpaired) electrons. The zero-order valence-corrected chi connectivity index (χ0v) is 14.4. The van der Waals surface area contributed by atoms with Crippen LogP contribution in [0.1, 0.15) is 63.5 Å². The number of halogens is 1. The van der Waals surface area contributed by atoms with Crippen LogP contribution in [0.15, 0.2) is 24.3 Å². The van der Waals surface area contributed by atoms with Gasteiger partial charge in [-0.2, -0.15) is 0 Å². The Morgan fingerprint density at radius 1 is 1.10 bits per heavy atom. The molecule has 1 aromatic carbocycles. The first-order valence-corrected chi connectivity index (χ1v) is 7.52. The lowest BCUT2D eigenvalue weighted by atomic mass is 9.94. The third-order valence-corrected chi connectivity index (χ3v) is 3.59. The van der Waals surface area contributed by atoms with Gasteiger partial charge in [0.25, 0.3) is 0 Å². The topological polar surface area (TPSA) is 55.1 Å². The van der Waals surface area contributed by atoms with Crippen molar-refractivity contribution >= 4 is 18.3 Å². The summed E-state index contributed by atoms with van der Waals surface area (Å²) >= 11 is 0. The van der Waals surface area contributed by atoms with E-state index in [-0.39, 0.29) is 30.3 Å². The van der Waals surface area contributed by atoms with Crippen molar-refractivity contribution in [1.82, 2.24) is 5.32 Å². The molecule has 3 nitrogen and oxygen atoms in total. The number of rotatable bonds is 7. The van der Waals surface area contributed by atoms with E-state index in [1.807, 2.05) is 6.92 Å². The first kappa shape index (κ1) is 19.9. The molecule has 1 amide bonds. The molecule has 1 aromatic rings. The van der Waals surface area contributed by atoms with E-state index in [1.165, 1.54) is 11.1 Å². The van der Waals surface area contributed by atoms with Crippen LogP contribution < -0.4 is 11.1 Å². The van der Waals surface area contributed by atoms with Gasteiger partial charge < -0.3 is 11.1 Å². The highest BCUT2D eigenvalue weighted by molar-refractivity contribution is 5.85. The van der Waals surface area contributed by atoms with E-state index in [0.29, 0.717) is 18.9 Å².